The first-order chi connectivity index (χ1) is 7.93. The average Bonchev–Trinajstić information content (AvgIpc) is 2.55. The molecule has 3 nitrogen and oxygen atoms in total. The highest BCUT2D eigenvalue weighted by Gasteiger charge is 2.65. The standard InChI is InChI=1S/C15H30N2O/c1-13(2,3)8-10(9-16)11(18)17-12-14(4,5)15(12,6)7/h10,12H,8-9,16H2,1-7H3,(H,17,18). The number of amides is 1. The van der Waals surface area contributed by atoms with Gasteiger partial charge in [-0.05, 0) is 22.7 Å². The van der Waals surface area contributed by atoms with E-state index in [4.69, 9.17) is 5.73 Å². The van der Waals surface area contributed by atoms with Gasteiger partial charge in [0.25, 0.3) is 0 Å². The van der Waals surface area contributed by atoms with E-state index in [0.717, 1.165) is 6.42 Å². The molecule has 1 saturated carbocycles. The van der Waals surface area contributed by atoms with E-state index in [1.54, 1.807) is 0 Å². The van der Waals surface area contributed by atoms with E-state index >= 15 is 0 Å². The van der Waals surface area contributed by atoms with Crippen molar-refractivity contribution < 1.29 is 4.79 Å². The van der Waals surface area contributed by atoms with Crippen LogP contribution < -0.4 is 11.1 Å². The zero-order chi connectivity index (χ0) is 14.4. The molecular weight excluding hydrogens is 224 g/mol. The van der Waals surface area contributed by atoms with Crippen LogP contribution in [0.1, 0.15) is 54.9 Å². The molecule has 0 aromatic rings. The van der Waals surface area contributed by atoms with Gasteiger partial charge in [-0.25, -0.2) is 0 Å². The van der Waals surface area contributed by atoms with Crippen LogP contribution in [0.4, 0.5) is 0 Å². The van der Waals surface area contributed by atoms with Gasteiger partial charge in [-0.3, -0.25) is 4.79 Å². The van der Waals surface area contributed by atoms with Crippen LogP contribution in [0.3, 0.4) is 0 Å². The molecule has 1 atom stereocenters. The van der Waals surface area contributed by atoms with Crippen LogP contribution in [0, 0.1) is 22.2 Å². The zero-order valence-corrected chi connectivity index (χ0v) is 13.1. The summed E-state index contributed by atoms with van der Waals surface area (Å²) in [6.45, 7) is 15.7. The van der Waals surface area contributed by atoms with Crippen LogP contribution in [-0.2, 0) is 4.79 Å². The number of hydrogen-bond donors (Lipinski definition) is 2. The van der Waals surface area contributed by atoms with Crippen molar-refractivity contribution in [2.45, 2.75) is 60.9 Å². The Morgan fingerprint density at radius 1 is 1.22 bits per heavy atom. The first-order valence-electron chi connectivity index (χ1n) is 6.94. The van der Waals surface area contributed by atoms with E-state index in [9.17, 15) is 4.79 Å². The van der Waals surface area contributed by atoms with Crippen molar-refractivity contribution in [1.29, 1.82) is 0 Å². The van der Waals surface area contributed by atoms with Crippen molar-refractivity contribution in [3.8, 4) is 0 Å². The summed E-state index contributed by atoms with van der Waals surface area (Å²) in [5, 5.41) is 3.19. The number of hydrogen-bond acceptors (Lipinski definition) is 2. The quantitative estimate of drug-likeness (QED) is 0.810. The molecule has 1 rings (SSSR count). The lowest BCUT2D eigenvalue weighted by atomic mass is 9.84. The Balaban J connectivity index is 2.61. The number of nitrogens with two attached hydrogens (primary N) is 1. The first-order valence-corrected chi connectivity index (χ1v) is 6.94. The molecule has 0 aromatic carbocycles. The van der Waals surface area contributed by atoms with Gasteiger partial charge < -0.3 is 11.1 Å². The topological polar surface area (TPSA) is 55.1 Å². The van der Waals surface area contributed by atoms with Crippen molar-refractivity contribution in [2.75, 3.05) is 6.54 Å². The largest absolute Gasteiger partial charge is 0.352 e. The molecule has 1 aliphatic rings. The van der Waals surface area contributed by atoms with Crippen LogP contribution in [0.2, 0.25) is 0 Å². The Morgan fingerprint density at radius 3 is 1.94 bits per heavy atom. The van der Waals surface area contributed by atoms with Gasteiger partial charge in [0.1, 0.15) is 0 Å². The molecule has 0 radical (unpaired) electrons. The van der Waals surface area contributed by atoms with Crippen LogP contribution >= 0.6 is 0 Å². The summed E-state index contributed by atoms with van der Waals surface area (Å²) in [6, 6.07) is 0.270. The van der Waals surface area contributed by atoms with Gasteiger partial charge in [-0.2, -0.15) is 0 Å². The van der Waals surface area contributed by atoms with Crippen LogP contribution in [0.15, 0.2) is 0 Å². The minimum Gasteiger partial charge on any atom is -0.352 e. The second-order valence-corrected chi connectivity index (χ2v) is 8.08. The van der Waals surface area contributed by atoms with E-state index in [1.807, 2.05) is 0 Å². The Kier molecular flexibility index (Phi) is 3.89. The fourth-order valence-electron chi connectivity index (χ4n) is 2.84. The lowest BCUT2D eigenvalue weighted by Crippen LogP contribution is -2.40. The molecule has 1 aliphatic carbocycles. The lowest BCUT2D eigenvalue weighted by molar-refractivity contribution is -0.126. The Morgan fingerprint density at radius 2 is 1.67 bits per heavy atom. The van der Waals surface area contributed by atoms with Crippen molar-refractivity contribution in [3.63, 3.8) is 0 Å². The van der Waals surface area contributed by atoms with Gasteiger partial charge in [0, 0.05) is 12.6 Å². The fourth-order valence-corrected chi connectivity index (χ4v) is 2.84. The summed E-state index contributed by atoms with van der Waals surface area (Å²) in [4.78, 5) is 12.3. The monoisotopic (exact) mass is 254 g/mol. The number of nitrogens with one attached hydrogen (secondary N) is 1. The Bertz CT molecular complexity index is 312. The van der Waals surface area contributed by atoms with Gasteiger partial charge in [0.2, 0.25) is 5.91 Å². The second-order valence-electron chi connectivity index (χ2n) is 8.08. The first kappa shape index (κ1) is 15.5. The molecule has 0 heterocycles. The third kappa shape index (κ3) is 2.87. The van der Waals surface area contributed by atoms with Crippen molar-refractivity contribution in [3.05, 3.63) is 0 Å². The summed E-state index contributed by atoms with van der Waals surface area (Å²) in [5.41, 5.74) is 6.25. The van der Waals surface area contributed by atoms with Gasteiger partial charge >= 0.3 is 0 Å². The molecule has 3 heteroatoms. The smallest absolute Gasteiger partial charge is 0.224 e. The molecule has 1 amide bonds. The molecular formula is C15H30N2O. The van der Waals surface area contributed by atoms with Gasteiger partial charge in [-0.1, -0.05) is 48.5 Å². The Labute approximate surface area is 112 Å². The van der Waals surface area contributed by atoms with Crippen LogP contribution in [0.5, 0.6) is 0 Å². The highest BCUT2D eigenvalue weighted by Crippen LogP contribution is 2.62. The molecule has 1 fully saturated rings. The summed E-state index contributed by atoms with van der Waals surface area (Å²) in [5.74, 6) is 0.0493. The van der Waals surface area contributed by atoms with Gasteiger partial charge in [0.05, 0.1) is 5.92 Å². The second kappa shape index (κ2) is 4.52. The SMILES string of the molecule is CC(C)(C)CC(CN)C(=O)NC1C(C)(C)C1(C)C. The summed E-state index contributed by atoms with van der Waals surface area (Å²) in [6.07, 6.45) is 0.836. The fraction of sp³-hybridized carbons (Fsp3) is 0.933. The molecule has 1 unspecified atom stereocenters. The number of rotatable bonds is 4. The third-order valence-corrected chi connectivity index (χ3v) is 4.82. The van der Waals surface area contributed by atoms with E-state index < -0.39 is 0 Å². The van der Waals surface area contributed by atoms with Crippen molar-refractivity contribution in [1.82, 2.24) is 5.32 Å². The summed E-state index contributed by atoms with van der Waals surface area (Å²) in [7, 11) is 0. The van der Waals surface area contributed by atoms with Crippen molar-refractivity contribution >= 4 is 5.91 Å². The van der Waals surface area contributed by atoms with E-state index in [0.29, 0.717) is 6.54 Å². The van der Waals surface area contributed by atoms with Crippen LogP contribution in [-0.4, -0.2) is 18.5 Å². The molecule has 0 bridgehead atoms. The molecule has 0 spiro atoms. The zero-order valence-electron chi connectivity index (χ0n) is 13.1. The van der Waals surface area contributed by atoms with E-state index in [2.05, 4.69) is 53.8 Å². The highest BCUT2D eigenvalue weighted by atomic mass is 16.2. The predicted octanol–water partition coefficient (Wildman–Crippen LogP) is 2.55. The maximum absolute atomic E-state index is 12.3. The maximum atomic E-state index is 12.3. The van der Waals surface area contributed by atoms with Crippen molar-refractivity contribution in [2.24, 2.45) is 27.9 Å². The van der Waals surface area contributed by atoms with Crippen LogP contribution in [0.25, 0.3) is 0 Å². The highest BCUT2D eigenvalue weighted by molar-refractivity contribution is 5.80. The molecule has 0 saturated heterocycles. The van der Waals surface area contributed by atoms with E-state index in [1.165, 1.54) is 0 Å². The molecule has 0 aromatic heterocycles. The molecule has 3 N–H and O–H groups in total. The lowest BCUT2D eigenvalue weighted by Gasteiger charge is -2.24. The maximum Gasteiger partial charge on any atom is 0.224 e. The minimum absolute atomic E-state index is 0.0720. The minimum atomic E-state index is -0.0720. The molecule has 106 valence electrons. The molecule has 0 aliphatic heterocycles. The number of carbonyl (C=O) groups is 1. The van der Waals surface area contributed by atoms with Gasteiger partial charge in [-0.15, -0.1) is 0 Å². The summed E-state index contributed by atoms with van der Waals surface area (Å²) < 4.78 is 0. The normalized spacial score (nSPS) is 23.6. The molecule has 18 heavy (non-hydrogen) atoms. The van der Waals surface area contributed by atoms with E-state index in [-0.39, 0.29) is 34.1 Å². The summed E-state index contributed by atoms with van der Waals surface area (Å²) >= 11 is 0. The third-order valence-electron chi connectivity index (χ3n) is 4.82. The Hall–Kier alpha value is -0.570. The number of carbonyl (C=O) groups excluding carboxylic acids is 1. The predicted molar refractivity (Wildman–Crippen MR) is 76.1 cm³/mol. The van der Waals surface area contributed by atoms with Gasteiger partial charge in [0.15, 0.2) is 0 Å². The average molecular weight is 254 g/mol.